The van der Waals surface area contributed by atoms with Gasteiger partial charge in [-0.3, -0.25) is 9.59 Å². The van der Waals surface area contributed by atoms with Crippen LogP contribution in [0.2, 0.25) is 0 Å². The molecule has 0 aliphatic heterocycles. The summed E-state index contributed by atoms with van der Waals surface area (Å²) < 4.78 is 1.42. The van der Waals surface area contributed by atoms with Crippen LogP contribution < -0.4 is 10.9 Å². The molecule has 100 valence electrons. The van der Waals surface area contributed by atoms with Crippen molar-refractivity contribution < 1.29 is 9.90 Å². The fraction of sp³-hybridized carbons (Fsp3) is 0.538. The Morgan fingerprint density at radius 1 is 1.33 bits per heavy atom. The van der Waals surface area contributed by atoms with Crippen LogP contribution in [0.25, 0.3) is 0 Å². The van der Waals surface area contributed by atoms with E-state index in [0.29, 0.717) is 12.1 Å². The first-order chi connectivity index (χ1) is 8.65. The zero-order valence-electron chi connectivity index (χ0n) is 10.7. The van der Waals surface area contributed by atoms with E-state index >= 15 is 0 Å². The molecule has 0 aromatic carbocycles. The third kappa shape index (κ3) is 4.71. The minimum atomic E-state index is -0.213. The van der Waals surface area contributed by atoms with E-state index < -0.39 is 0 Å². The highest BCUT2D eigenvalue weighted by Gasteiger charge is 2.05. The Labute approximate surface area is 106 Å². The van der Waals surface area contributed by atoms with Crippen molar-refractivity contribution in [2.24, 2.45) is 7.05 Å². The molecule has 0 saturated heterocycles. The first kappa shape index (κ1) is 14.4. The number of unbranched alkanes of at least 4 members (excludes halogenated alkanes) is 3. The molecule has 0 spiro atoms. The molecule has 0 saturated carbocycles. The molecule has 1 heterocycles. The molecule has 0 unspecified atom stereocenters. The first-order valence-corrected chi connectivity index (χ1v) is 6.21. The maximum atomic E-state index is 11.7. The van der Waals surface area contributed by atoms with Crippen LogP contribution in [0.5, 0.6) is 0 Å². The van der Waals surface area contributed by atoms with Crippen molar-refractivity contribution >= 4 is 5.91 Å². The number of amides is 1. The number of hydrogen-bond donors (Lipinski definition) is 2. The smallest absolute Gasteiger partial charge is 0.251 e. The second-order valence-corrected chi connectivity index (χ2v) is 4.26. The molecule has 18 heavy (non-hydrogen) atoms. The molecule has 5 heteroatoms. The average molecular weight is 252 g/mol. The van der Waals surface area contributed by atoms with Crippen LogP contribution in [0.1, 0.15) is 36.0 Å². The Hall–Kier alpha value is -1.62. The van der Waals surface area contributed by atoms with Crippen molar-refractivity contribution in [3.8, 4) is 0 Å². The van der Waals surface area contributed by atoms with Gasteiger partial charge in [-0.05, 0) is 18.9 Å². The quantitative estimate of drug-likeness (QED) is 0.701. The van der Waals surface area contributed by atoms with Gasteiger partial charge < -0.3 is 15.0 Å². The van der Waals surface area contributed by atoms with Gasteiger partial charge in [0.2, 0.25) is 0 Å². The predicted octanol–water partition coefficient (Wildman–Crippen LogP) is 0.668. The van der Waals surface area contributed by atoms with Crippen molar-refractivity contribution in [3.05, 3.63) is 34.2 Å². The van der Waals surface area contributed by atoms with Crippen LogP contribution in [0, 0.1) is 0 Å². The predicted molar refractivity (Wildman–Crippen MR) is 69.6 cm³/mol. The molecule has 1 amide bonds. The zero-order valence-corrected chi connectivity index (χ0v) is 10.7. The SMILES string of the molecule is Cn1ccc(C(=O)NCCCCCCO)cc1=O. The van der Waals surface area contributed by atoms with Crippen molar-refractivity contribution in [1.82, 2.24) is 9.88 Å². The summed E-state index contributed by atoms with van der Waals surface area (Å²) in [5, 5.41) is 11.4. The van der Waals surface area contributed by atoms with E-state index in [-0.39, 0.29) is 18.1 Å². The van der Waals surface area contributed by atoms with E-state index in [9.17, 15) is 9.59 Å². The van der Waals surface area contributed by atoms with Crippen molar-refractivity contribution in [2.45, 2.75) is 25.7 Å². The van der Waals surface area contributed by atoms with Crippen molar-refractivity contribution in [2.75, 3.05) is 13.2 Å². The van der Waals surface area contributed by atoms with Gasteiger partial charge in [0.05, 0.1) is 0 Å². The Kier molecular flexibility index (Phi) is 6.14. The van der Waals surface area contributed by atoms with Gasteiger partial charge in [-0.15, -0.1) is 0 Å². The van der Waals surface area contributed by atoms with Crippen LogP contribution in [0.15, 0.2) is 23.1 Å². The monoisotopic (exact) mass is 252 g/mol. The van der Waals surface area contributed by atoms with E-state index in [4.69, 9.17) is 5.11 Å². The molecule has 0 bridgehead atoms. The Bertz CT molecular complexity index is 440. The average Bonchev–Trinajstić information content (AvgIpc) is 2.36. The molecule has 0 radical (unpaired) electrons. The van der Waals surface area contributed by atoms with Crippen LogP contribution in [0.4, 0.5) is 0 Å². The van der Waals surface area contributed by atoms with E-state index in [1.165, 1.54) is 10.6 Å². The number of aryl methyl sites for hydroxylation is 1. The first-order valence-electron chi connectivity index (χ1n) is 6.21. The van der Waals surface area contributed by atoms with Gasteiger partial charge in [0.15, 0.2) is 0 Å². The number of rotatable bonds is 7. The van der Waals surface area contributed by atoms with Gasteiger partial charge in [0.1, 0.15) is 0 Å². The van der Waals surface area contributed by atoms with Gasteiger partial charge in [0, 0.05) is 38.0 Å². The summed E-state index contributed by atoms with van der Waals surface area (Å²) in [6, 6.07) is 2.96. The lowest BCUT2D eigenvalue weighted by Crippen LogP contribution is -2.26. The van der Waals surface area contributed by atoms with E-state index in [1.807, 2.05) is 0 Å². The highest BCUT2D eigenvalue weighted by atomic mass is 16.2. The molecule has 0 aliphatic carbocycles. The largest absolute Gasteiger partial charge is 0.396 e. The van der Waals surface area contributed by atoms with Crippen LogP contribution in [-0.2, 0) is 7.05 Å². The summed E-state index contributed by atoms with van der Waals surface area (Å²) in [6.07, 6.45) is 5.23. The van der Waals surface area contributed by atoms with Crippen LogP contribution in [0.3, 0.4) is 0 Å². The topological polar surface area (TPSA) is 71.3 Å². The Morgan fingerprint density at radius 2 is 2.06 bits per heavy atom. The fourth-order valence-corrected chi connectivity index (χ4v) is 1.58. The molecule has 0 atom stereocenters. The number of carbonyl (C=O) groups is 1. The summed E-state index contributed by atoms with van der Waals surface area (Å²) in [4.78, 5) is 23.0. The summed E-state index contributed by atoms with van der Waals surface area (Å²) in [5.74, 6) is -0.213. The minimum Gasteiger partial charge on any atom is -0.396 e. The summed E-state index contributed by atoms with van der Waals surface area (Å²) in [5.41, 5.74) is 0.207. The maximum absolute atomic E-state index is 11.7. The highest BCUT2D eigenvalue weighted by molar-refractivity contribution is 5.93. The number of aliphatic hydroxyl groups excluding tert-OH is 1. The number of hydrogen-bond acceptors (Lipinski definition) is 3. The van der Waals surface area contributed by atoms with Gasteiger partial charge in [-0.25, -0.2) is 0 Å². The molecule has 0 fully saturated rings. The summed E-state index contributed by atoms with van der Waals surface area (Å²) in [7, 11) is 1.64. The number of nitrogens with zero attached hydrogens (tertiary/aromatic N) is 1. The zero-order chi connectivity index (χ0) is 13.4. The standard InChI is InChI=1S/C13H20N2O3/c1-15-8-6-11(10-12(15)17)13(18)14-7-4-2-3-5-9-16/h6,8,10,16H,2-5,7,9H2,1H3,(H,14,18). The molecular weight excluding hydrogens is 232 g/mol. The van der Waals surface area contributed by atoms with Gasteiger partial charge in [-0.1, -0.05) is 12.8 Å². The van der Waals surface area contributed by atoms with Crippen LogP contribution in [-0.4, -0.2) is 28.7 Å². The second-order valence-electron chi connectivity index (χ2n) is 4.26. The third-order valence-corrected chi connectivity index (χ3v) is 2.74. The highest BCUT2D eigenvalue weighted by Crippen LogP contribution is 1.99. The van der Waals surface area contributed by atoms with Crippen molar-refractivity contribution in [1.29, 1.82) is 0 Å². The fourth-order valence-electron chi connectivity index (χ4n) is 1.58. The van der Waals surface area contributed by atoms with Crippen molar-refractivity contribution in [3.63, 3.8) is 0 Å². The maximum Gasteiger partial charge on any atom is 0.251 e. The van der Waals surface area contributed by atoms with Gasteiger partial charge >= 0.3 is 0 Å². The van der Waals surface area contributed by atoms with Gasteiger partial charge in [-0.2, -0.15) is 0 Å². The molecule has 0 aliphatic rings. The lowest BCUT2D eigenvalue weighted by Gasteiger charge is -2.05. The molecule has 2 N–H and O–H groups in total. The Morgan fingerprint density at radius 3 is 2.72 bits per heavy atom. The lowest BCUT2D eigenvalue weighted by atomic mass is 10.2. The molecule has 1 aromatic rings. The van der Waals surface area contributed by atoms with Gasteiger partial charge in [0.25, 0.3) is 11.5 Å². The Balaban J connectivity index is 2.32. The third-order valence-electron chi connectivity index (χ3n) is 2.74. The number of carbonyl (C=O) groups excluding carboxylic acids is 1. The van der Waals surface area contributed by atoms with E-state index in [2.05, 4.69) is 5.32 Å². The lowest BCUT2D eigenvalue weighted by molar-refractivity contribution is 0.0952. The van der Waals surface area contributed by atoms with E-state index in [0.717, 1.165) is 25.7 Å². The normalized spacial score (nSPS) is 10.3. The summed E-state index contributed by atoms with van der Waals surface area (Å²) >= 11 is 0. The number of pyridine rings is 1. The summed E-state index contributed by atoms with van der Waals surface area (Å²) in [6.45, 7) is 0.819. The number of aliphatic hydroxyl groups is 1. The number of aromatic nitrogens is 1. The van der Waals surface area contributed by atoms with E-state index in [1.54, 1.807) is 19.3 Å². The molecule has 1 aromatic heterocycles. The minimum absolute atomic E-state index is 0.189. The molecule has 1 rings (SSSR count). The molecular formula is C13H20N2O3. The molecule has 5 nitrogen and oxygen atoms in total. The van der Waals surface area contributed by atoms with Crippen LogP contribution >= 0.6 is 0 Å². The number of nitrogens with one attached hydrogen (secondary N) is 1. The second kappa shape index (κ2) is 7.66.